The minimum absolute atomic E-state index is 0. The molecule has 6 nitrogen and oxygen atoms in total. The first kappa shape index (κ1) is 16.2. The summed E-state index contributed by atoms with van der Waals surface area (Å²) in [6.45, 7) is 0. The third kappa shape index (κ3) is 15.7. The fourth-order valence-electron chi connectivity index (χ4n) is 0. The average molecular weight is 172 g/mol. The van der Waals surface area contributed by atoms with Crippen molar-refractivity contribution in [3.63, 3.8) is 0 Å². The molecule has 0 fully saturated rings. The Balaban J connectivity index is -0.000000125. The van der Waals surface area contributed by atoms with Crippen LogP contribution in [0.2, 0.25) is 0 Å². The maximum atomic E-state index is 9.08. The molecule has 8 heavy (non-hydrogen) atoms. The van der Waals surface area contributed by atoms with Crippen molar-refractivity contribution in [1.82, 2.24) is 0 Å². The molecule has 0 saturated carbocycles. The van der Waals surface area contributed by atoms with E-state index in [4.69, 9.17) is 18.2 Å². The van der Waals surface area contributed by atoms with Gasteiger partial charge >= 0.3 is 61.8 Å². The molecule has 0 aliphatic heterocycles. The Kier molecular flexibility index (Phi) is 13.3. The van der Waals surface area contributed by atoms with Gasteiger partial charge in [-0.3, -0.25) is 4.55 Å². The SMILES string of the molecule is O.O=S(=O)(O)OO.[KH]. The van der Waals surface area contributed by atoms with Crippen molar-refractivity contribution < 1.29 is 28.0 Å². The summed E-state index contributed by atoms with van der Waals surface area (Å²) in [5.74, 6) is 0. The Bertz CT molecular complexity index is 110. The van der Waals surface area contributed by atoms with Gasteiger partial charge in [0.05, 0.1) is 0 Å². The topological polar surface area (TPSA) is 115 Å². The zero-order valence-corrected chi connectivity index (χ0v) is 3.84. The summed E-state index contributed by atoms with van der Waals surface area (Å²) in [6.07, 6.45) is 0. The maximum absolute atomic E-state index is 9.08. The summed E-state index contributed by atoms with van der Waals surface area (Å²) < 4.78 is 28.0. The summed E-state index contributed by atoms with van der Waals surface area (Å²) in [7, 11) is -4.61. The zero-order valence-electron chi connectivity index (χ0n) is 3.03. The van der Waals surface area contributed by atoms with Gasteiger partial charge in [0.1, 0.15) is 0 Å². The fourth-order valence-corrected chi connectivity index (χ4v) is 0. The van der Waals surface area contributed by atoms with Gasteiger partial charge in [0, 0.05) is 0 Å². The van der Waals surface area contributed by atoms with Gasteiger partial charge in [0.2, 0.25) is 0 Å². The van der Waals surface area contributed by atoms with Crippen LogP contribution in [0.25, 0.3) is 0 Å². The van der Waals surface area contributed by atoms with Gasteiger partial charge in [0.25, 0.3) is 0 Å². The molecule has 0 bridgehead atoms. The van der Waals surface area contributed by atoms with Gasteiger partial charge in [0.15, 0.2) is 0 Å². The van der Waals surface area contributed by atoms with Crippen LogP contribution in [0.15, 0.2) is 0 Å². The standard InChI is InChI=1S/K.H2O5S.H2O.H/c;1-5-6(2,3)4;;/h;1H,(H,2,3,4);1H2;. The van der Waals surface area contributed by atoms with Crippen molar-refractivity contribution in [2.75, 3.05) is 0 Å². The molecule has 0 radical (unpaired) electrons. The Labute approximate surface area is 88.5 Å². The van der Waals surface area contributed by atoms with E-state index in [9.17, 15) is 0 Å². The van der Waals surface area contributed by atoms with Crippen LogP contribution in [0.4, 0.5) is 0 Å². The number of hydrogen-bond acceptors (Lipinski definition) is 4. The second-order valence-electron chi connectivity index (χ2n) is 0.502. The molecule has 48 valence electrons. The third-order valence-corrected chi connectivity index (χ3v) is 0.283. The van der Waals surface area contributed by atoms with E-state index in [1.54, 1.807) is 0 Å². The Morgan fingerprint density at radius 2 is 1.50 bits per heavy atom. The van der Waals surface area contributed by atoms with Gasteiger partial charge in [-0.05, 0) is 0 Å². The summed E-state index contributed by atoms with van der Waals surface area (Å²) >= 11 is 0. The van der Waals surface area contributed by atoms with E-state index in [1.807, 2.05) is 0 Å². The van der Waals surface area contributed by atoms with E-state index in [1.165, 1.54) is 0 Å². The van der Waals surface area contributed by atoms with Gasteiger partial charge in [-0.1, -0.05) is 4.33 Å². The van der Waals surface area contributed by atoms with Crippen LogP contribution in [0.1, 0.15) is 0 Å². The molecule has 0 aromatic heterocycles. The fraction of sp³-hybridized carbons (Fsp3) is 0. The Morgan fingerprint density at radius 1 is 1.38 bits per heavy atom. The normalized spacial score (nSPS) is 8.75. The predicted octanol–water partition coefficient (Wildman–Crippen LogP) is -2.19. The molecule has 0 aliphatic rings. The summed E-state index contributed by atoms with van der Waals surface area (Å²) in [5.41, 5.74) is 0. The monoisotopic (exact) mass is 172 g/mol. The molecule has 0 saturated heterocycles. The van der Waals surface area contributed by atoms with Gasteiger partial charge in [-0.15, -0.1) is 0 Å². The van der Waals surface area contributed by atoms with Crippen LogP contribution in [0.5, 0.6) is 0 Å². The minimum atomic E-state index is -4.61. The van der Waals surface area contributed by atoms with E-state index in [2.05, 4.69) is 4.33 Å². The summed E-state index contributed by atoms with van der Waals surface area (Å²) in [5, 5.41) is 7.06. The van der Waals surface area contributed by atoms with Crippen molar-refractivity contribution in [2.24, 2.45) is 0 Å². The first-order chi connectivity index (χ1) is 2.56. The first-order valence-corrected chi connectivity index (χ1v) is 2.23. The van der Waals surface area contributed by atoms with Crippen molar-refractivity contribution in [3.05, 3.63) is 0 Å². The van der Waals surface area contributed by atoms with Crippen LogP contribution in [-0.2, 0) is 14.7 Å². The zero-order chi connectivity index (χ0) is 5.21. The first-order valence-electron chi connectivity index (χ1n) is 0.865. The molecule has 0 aliphatic carbocycles. The number of rotatable bonds is 1. The molecule has 0 heterocycles. The Hall–Kier alpha value is 1.43. The van der Waals surface area contributed by atoms with E-state index < -0.39 is 10.4 Å². The van der Waals surface area contributed by atoms with Crippen LogP contribution in [0.3, 0.4) is 0 Å². The second-order valence-corrected chi connectivity index (χ2v) is 1.51. The molecule has 0 aromatic carbocycles. The van der Waals surface area contributed by atoms with Crippen molar-refractivity contribution in [1.29, 1.82) is 0 Å². The van der Waals surface area contributed by atoms with Gasteiger partial charge in [-0.25, -0.2) is 5.26 Å². The average Bonchev–Trinajstić information content (AvgIpc) is 1.35. The number of hydrogen-bond donors (Lipinski definition) is 2. The molecule has 0 unspecified atom stereocenters. The van der Waals surface area contributed by atoms with Crippen molar-refractivity contribution in [2.45, 2.75) is 0 Å². The third-order valence-electron chi connectivity index (χ3n) is 0.0942. The molecule has 0 amide bonds. The van der Waals surface area contributed by atoms with Crippen molar-refractivity contribution >= 4 is 61.8 Å². The van der Waals surface area contributed by atoms with Crippen LogP contribution >= 0.6 is 0 Å². The van der Waals surface area contributed by atoms with E-state index in [0.717, 1.165) is 0 Å². The van der Waals surface area contributed by atoms with Gasteiger partial charge < -0.3 is 5.48 Å². The molecule has 4 N–H and O–H groups in total. The molecule has 0 spiro atoms. The molecule has 0 aromatic rings. The molecule has 8 heteroatoms. The van der Waals surface area contributed by atoms with Crippen molar-refractivity contribution in [3.8, 4) is 0 Å². The van der Waals surface area contributed by atoms with Gasteiger partial charge in [-0.2, -0.15) is 8.42 Å². The van der Waals surface area contributed by atoms with Crippen LogP contribution < -0.4 is 0 Å². The predicted molar refractivity (Wildman–Crippen MR) is 26.0 cm³/mol. The molecular formula is H5KO6S. The summed E-state index contributed by atoms with van der Waals surface area (Å²) in [6, 6.07) is 0. The van der Waals surface area contributed by atoms with E-state index >= 15 is 0 Å². The Morgan fingerprint density at radius 3 is 1.50 bits per heavy atom. The molecule has 0 rings (SSSR count). The van der Waals surface area contributed by atoms with Crippen LogP contribution in [0, 0.1) is 0 Å². The molecule has 0 atom stereocenters. The van der Waals surface area contributed by atoms with E-state index in [0.29, 0.717) is 0 Å². The molecular weight excluding hydrogens is 167 g/mol. The van der Waals surface area contributed by atoms with Crippen LogP contribution in [-0.4, -0.2) is 75.1 Å². The summed E-state index contributed by atoms with van der Waals surface area (Å²) in [4.78, 5) is 0. The second kappa shape index (κ2) is 6.55. The van der Waals surface area contributed by atoms with E-state index in [-0.39, 0.29) is 56.9 Å². The quantitative estimate of drug-likeness (QED) is 0.202.